The molecule has 1 saturated carbocycles. The van der Waals surface area contributed by atoms with Crippen LogP contribution in [0.5, 0.6) is 5.75 Å². The van der Waals surface area contributed by atoms with Crippen LogP contribution in [-0.2, 0) is 20.9 Å². The standard InChI is InChI=1S/C33H50N4O5/c1-4-14-37(15-5-2)31(40)26-18-25(30(35)39)19-33(20-26,21-29(38)28(34)17-23-10-7-6-8-11-23)32(41)36-22-24-12-9-13-27(16-24)42-3/h9,12-13,16,18-19,23,28-29,38H,4-8,10-11,14-15,17,20-22,34H2,1-3H3,(H2,35,39)(H,36,41)/t28-,29+,33?/m0/s1. The number of nitrogens with zero attached hydrogens (tertiary/aromatic N) is 1. The molecule has 1 unspecified atom stereocenters. The van der Waals surface area contributed by atoms with E-state index >= 15 is 0 Å². The average Bonchev–Trinajstić information content (AvgIpc) is 2.99. The van der Waals surface area contributed by atoms with E-state index in [1.165, 1.54) is 18.6 Å². The molecule has 2 aliphatic carbocycles. The van der Waals surface area contributed by atoms with Crippen molar-refractivity contribution in [2.75, 3.05) is 20.2 Å². The summed E-state index contributed by atoms with van der Waals surface area (Å²) >= 11 is 0. The molecule has 0 radical (unpaired) electrons. The zero-order valence-electron chi connectivity index (χ0n) is 25.6. The second-order valence-electron chi connectivity index (χ2n) is 12.0. The van der Waals surface area contributed by atoms with Crippen molar-refractivity contribution in [2.24, 2.45) is 22.8 Å². The van der Waals surface area contributed by atoms with Crippen molar-refractivity contribution < 1.29 is 24.2 Å². The van der Waals surface area contributed by atoms with Gasteiger partial charge in [0.25, 0.3) is 0 Å². The third-order valence-electron chi connectivity index (χ3n) is 8.54. The molecule has 1 fully saturated rings. The van der Waals surface area contributed by atoms with Gasteiger partial charge in [0.2, 0.25) is 17.7 Å². The van der Waals surface area contributed by atoms with E-state index in [9.17, 15) is 19.5 Å². The maximum Gasteiger partial charge on any atom is 0.249 e. The number of aliphatic hydroxyl groups excluding tert-OH is 1. The van der Waals surface area contributed by atoms with Crippen LogP contribution in [0.3, 0.4) is 0 Å². The zero-order valence-corrected chi connectivity index (χ0v) is 25.6. The molecule has 6 N–H and O–H groups in total. The number of methoxy groups -OCH3 is 1. The summed E-state index contributed by atoms with van der Waals surface area (Å²) in [6.45, 7) is 5.32. The second kappa shape index (κ2) is 15.9. The molecule has 9 nitrogen and oxygen atoms in total. The molecule has 2 aliphatic rings. The number of aliphatic hydroxyl groups is 1. The second-order valence-corrected chi connectivity index (χ2v) is 12.0. The number of primary amides is 1. The lowest BCUT2D eigenvalue weighted by molar-refractivity contribution is -0.131. The number of nitrogens with two attached hydrogens (primary N) is 2. The van der Waals surface area contributed by atoms with Crippen LogP contribution in [0, 0.1) is 11.3 Å². The summed E-state index contributed by atoms with van der Waals surface area (Å²) in [4.78, 5) is 42.1. The van der Waals surface area contributed by atoms with Gasteiger partial charge in [-0.1, -0.05) is 64.2 Å². The molecule has 3 atom stereocenters. The maximum atomic E-state index is 14.1. The predicted molar refractivity (Wildman–Crippen MR) is 164 cm³/mol. The van der Waals surface area contributed by atoms with Crippen molar-refractivity contribution >= 4 is 17.7 Å². The minimum atomic E-state index is -1.39. The number of hydrogen-bond donors (Lipinski definition) is 4. The number of carbonyl (C=O) groups is 3. The van der Waals surface area contributed by atoms with Crippen LogP contribution in [0.4, 0.5) is 0 Å². The zero-order chi connectivity index (χ0) is 30.7. The number of nitrogens with one attached hydrogen (secondary N) is 1. The summed E-state index contributed by atoms with van der Waals surface area (Å²) in [6.07, 6.45) is 9.96. The highest BCUT2D eigenvalue weighted by Crippen LogP contribution is 2.41. The van der Waals surface area contributed by atoms with Crippen LogP contribution in [0.1, 0.15) is 83.6 Å². The van der Waals surface area contributed by atoms with Crippen LogP contribution in [0.2, 0.25) is 0 Å². The number of rotatable bonds is 15. The molecule has 0 spiro atoms. The van der Waals surface area contributed by atoms with Gasteiger partial charge in [0.05, 0.1) is 18.6 Å². The van der Waals surface area contributed by atoms with Gasteiger partial charge in [-0.05, 0) is 61.8 Å². The molecule has 42 heavy (non-hydrogen) atoms. The van der Waals surface area contributed by atoms with E-state index in [0.29, 0.717) is 36.8 Å². The summed E-state index contributed by atoms with van der Waals surface area (Å²) in [5.74, 6) is -0.251. The van der Waals surface area contributed by atoms with E-state index in [2.05, 4.69) is 5.32 Å². The van der Waals surface area contributed by atoms with Crippen LogP contribution >= 0.6 is 0 Å². The fourth-order valence-corrected chi connectivity index (χ4v) is 6.31. The van der Waals surface area contributed by atoms with Gasteiger partial charge in [-0.25, -0.2) is 0 Å². The molecule has 1 aromatic rings. The van der Waals surface area contributed by atoms with Crippen molar-refractivity contribution in [3.8, 4) is 5.75 Å². The molecule has 0 bridgehead atoms. The molecule has 9 heteroatoms. The topological polar surface area (TPSA) is 148 Å². The van der Waals surface area contributed by atoms with E-state index in [1.807, 2.05) is 38.1 Å². The first-order chi connectivity index (χ1) is 20.1. The van der Waals surface area contributed by atoms with E-state index in [4.69, 9.17) is 16.2 Å². The Morgan fingerprint density at radius 3 is 2.45 bits per heavy atom. The van der Waals surface area contributed by atoms with Gasteiger partial charge in [0.15, 0.2) is 0 Å². The highest BCUT2D eigenvalue weighted by molar-refractivity contribution is 6.03. The molecule has 0 saturated heterocycles. The first-order valence-electron chi connectivity index (χ1n) is 15.5. The fourth-order valence-electron chi connectivity index (χ4n) is 6.31. The Bertz CT molecular complexity index is 1140. The summed E-state index contributed by atoms with van der Waals surface area (Å²) in [5.41, 5.74) is 12.1. The average molecular weight is 583 g/mol. The Labute approximate surface area is 250 Å². The fraction of sp³-hybridized carbons (Fsp3) is 0.606. The minimum absolute atomic E-state index is 0.0314. The van der Waals surface area contributed by atoms with Crippen LogP contribution in [-0.4, -0.2) is 60.1 Å². The van der Waals surface area contributed by atoms with E-state index < -0.39 is 29.4 Å². The first-order valence-corrected chi connectivity index (χ1v) is 15.5. The highest BCUT2D eigenvalue weighted by atomic mass is 16.5. The SMILES string of the molecule is CCCN(CCC)C(=O)C1=CC(C(N)=O)=CC(C[C@@H](O)[C@@H](N)CC2CCCCC2)(C(=O)NCc2cccc(OC)c2)C1. The molecule has 1 aromatic carbocycles. The molecule has 232 valence electrons. The van der Waals surface area contributed by atoms with Gasteiger partial charge >= 0.3 is 0 Å². The van der Waals surface area contributed by atoms with Gasteiger partial charge in [-0.3, -0.25) is 14.4 Å². The summed E-state index contributed by atoms with van der Waals surface area (Å²) in [7, 11) is 1.58. The maximum absolute atomic E-state index is 14.1. The van der Waals surface area contributed by atoms with Gasteiger partial charge in [0.1, 0.15) is 5.75 Å². The largest absolute Gasteiger partial charge is 0.497 e. The normalized spacial score (nSPS) is 20.6. The number of ether oxygens (including phenoxy) is 1. The number of carbonyl (C=O) groups excluding carboxylic acids is 3. The van der Waals surface area contributed by atoms with Crippen LogP contribution < -0.4 is 21.5 Å². The Kier molecular flexibility index (Phi) is 12.6. The van der Waals surface area contributed by atoms with E-state index in [1.54, 1.807) is 12.0 Å². The first kappa shape index (κ1) is 33.3. The molecular formula is C33H50N4O5. The quantitative estimate of drug-likeness (QED) is 0.248. The highest BCUT2D eigenvalue weighted by Gasteiger charge is 2.44. The van der Waals surface area contributed by atoms with Gasteiger partial charge in [-0.15, -0.1) is 0 Å². The van der Waals surface area contributed by atoms with Gasteiger partial charge < -0.3 is 31.5 Å². The third kappa shape index (κ3) is 8.91. The summed E-state index contributed by atoms with van der Waals surface area (Å²) in [5, 5.41) is 14.4. The third-order valence-corrected chi connectivity index (χ3v) is 8.54. The molecule has 0 aliphatic heterocycles. The van der Waals surface area contributed by atoms with E-state index in [0.717, 1.165) is 44.1 Å². The lowest BCUT2D eigenvalue weighted by Gasteiger charge is -2.38. The lowest BCUT2D eigenvalue weighted by atomic mass is 9.70. The molecule has 0 aromatic heterocycles. The Balaban J connectivity index is 1.94. The molecule has 0 heterocycles. The Morgan fingerprint density at radius 2 is 1.83 bits per heavy atom. The monoisotopic (exact) mass is 582 g/mol. The van der Waals surface area contributed by atoms with Crippen LogP contribution in [0.15, 0.2) is 47.6 Å². The van der Waals surface area contributed by atoms with Gasteiger partial charge in [0, 0.05) is 36.8 Å². The Morgan fingerprint density at radius 1 is 1.14 bits per heavy atom. The van der Waals surface area contributed by atoms with Gasteiger partial charge in [-0.2, -0.15) is 0 Å². The number of benzene rings is 1. The molecule has 3 rings (SSSR count). The molecular weight excluding hydrogens is 532 g/mol. The minimum Gasteiger partial charge on any atom is -0.497 e. The van der Waals surface area contributed by atoms with Crippen molar-refractivity contribution in [1.29, 1.82) is 0 Å². The predicted octanol–water partition coefficient (Wildman–Crippen LogP) is 3.74. The summed E-state index contributed by atoms with van der Waals surface area (Å²) < 4.78 is 5.31. The van der Waals surface area contributed by atoms with E-state index in [-0.39, 0.29) is 30.9 Å². The van der Waals surface area contributed by atoms with Crippen molar-refractivity contribution in [3.05, 3.63) is 53.1 Å². The van der Waals surface area contributed by atoms with Crippen molar-refractivity contribution in [3.63, 3.8) is 0 Å². The smallest absolute Gasteiger partial charge is 0.249 e. The van der Waals surface area contributed by atoms with Crippen molar-refractivity contribution in [2.45, 2.75) is 96.7 Å². The van der Waals surface area contributed by atoms with Crippen molar-refractivity contribution in [1.82, 2.24) is 10.2 Å². The summed E-state index contributed by atoms with van der Waals surface area (Å²) in [6, 6.07) is 6.82. The molecule has 3 amide bonds. The number of hydrogen-bond acceptors (Lipinski definition) is 6. The lowest BCUT2D eigenvalue weighted by Crippen LogP contribution is -2.48. The van der Waals surface area contributed by atoms with Crippen LogP contribution in [0.25, 0.3) is 0 Å². The number of amides is 3. The Hall–Kier alpha value is -3.17.